The third-order valence-electron chi connectivity index (χ3n) is 3.65. The summed E-state index contributed by atoms with van der Waals surface area (Å²) in [5.41, 5.74) is 0. The zero-order chi connectivity index (χ0) is 15.8. The molecule has 7 nitrogen and oxygen atoms in total. The number of amides is 2. The van der Waals surface area contributed by atoms with Gasteiger partial charge < -0.3 is 19.9 Å². The molecule has 124 valence electrons. The van der Waals surface area contributed by atoms with Crippen molar-refractivity contribution in [2.75, 3.05) is 32.7 Å². The second kappa shape index (κ2) is 8.75. The summed E-state index contributed by atoms with van der Waals surface area (Å²) in [6.45, 7) is 9.08. The first kappa shape index (κ1) is 16.8. The van der Waals surface area contributed by atoms with E-state index in [2.05, 4.69) is 34.4 Å². The van der Waals surface area contributed by atoms with Gasteiger partial charge in [0.15, 0.2) is 0 Å². The van der Waals surface area contributed by atoms with Crippen LogP contribution in [-0.4, -0.2) is 65.4 Å². The van der Waals surface area contributed by atoms with Gasteiger partial charge in [-0.1, -0.05) is 0 Å². The van der Waals surface area contributed by atoms with Crippen LogP contribution in [0.4, 0.5) is 4.79 Å². The Hall–Kier alpha value is -1.60. The second-order valence-corrected chi connectivity index (χ2v) is 5.85. The standard InChI is InChI=1S/C15H27N5O2/c1-13-10-20(11-14(2)22-13)9-6-18-15(21)17-4-3-7-19-8-5-16-12-19/h5,8,12-14H,3-4,6-7,9-11H2,1-2H3,(H2,17,18,21)/t13-,14-/m0/s1. The van der Waals surface area contributed by atoms with E-state index in [0.29, 0.717) is 13.1 Å². The van der Waals surface area contributed by atoms with Crippen LogP contribution >= 0.6 is 0 Å². The summed E-state index contributed by atoms with van der Waals surface area (Å²) in [4.78, 5) is 18.0. The van der Waals surface area contributed by atoms with E-state index in [1.807, 2.05) is 10.8 Å². The first-order chi connectivity index (χ1) is 10.6. The van der Waals surface area contributed by atoms with Gasteiger partial charge >= 0.3 is 6.03 Å². The molecule has 2 N–H and O–H groups in total. The maximum absolute atomic E-state index is 11.7. The molecule has 0 spiro atoms. The van der Waals surface area contributed by atoms with Crippen molar-refractivity contribution in [3.05, 3.63) is 18.7 Å². The molecule has 0 bridgehead atoms. The van der Waals surface area contributed by atoms with Crippen LogP contribution in [0.1, 0.15) is 20.3 Å². The van der Waals surface area contributed by atoms with E-state index in [1.165, 1.54) is 0 Å². The number of hydrogen-bond donors (Lipinski definition) is 2. The first-order valence-electron chi connectivity index (χ1n) is 7.98. The topological polar surface area (TPSA) is 71.4 Å². The fraction of sp³-hybridized carbons (Fsp3) is 0.733. The first-order valence-corrected chi connectivity index (χ1v) is 7.98. The fourth-order valence-corrected chi connectivity index (χ4v) is 2.74. The predicted octanol–water partition coefficient (Wildman–Crippen LogP) is 0.682. The van der Waals surface area contributed by atoms with Crippen LogP contribution in [0, 0.1) is 0 Å². The normalized spacial score (nSPS) is 22.5. The maximum Gasteiger partial charge on any atom is 0.314 e. The van der Waals surface area contributed by atoms with Gasteiger partial charge in [-0.3, -0.25) is 4.90 Å². The molecule has 2 atom stereocenters. The van der Waals surface area contributed by atoms with Crippen molar-refractivity contribution in [3.8, 4) is 0 Å². The summed E-state index contributed by atoms with van der Waals surface area (Å²) in [5.74, 6) is 0. The molecule has 1 saturated heterocycles. The van der Waals surface area contributed by atoms with Crippen molar-refractivity contribution in [1.82, 2.24) is 25.1 Å². The highest BCUT2D eigenvalue weighted by Crippen LogP contribution is 2.09. The molecule has 1 aromatic heterocycles. The Bertz CT molecular complexity index is 427. The molecule has 1 aromatic rings. The molecule has 0 saturated carbocycles. The minimum Gasteiger partial charge on any atom is -0.373 e. The zero-order valence-electron chi connectivity index (χ0n) is 13.5. The lowest BCUT2D eigenvalue weighted by atomic mass is 10.2. The number of imidazole rings is 1. The largest absolute Gasteiger partial charge is 0.373 e. The molecule has 1 aliphatic rings. The Morgan fingerprint density at radius 3 is 2.64 bits per heavy atom. The molecule has 1 aliphatic heterocycles. The van der Waals surface area contributed by atoms with E-state index in [-0.39, 0.29) is 18.2 Å². The van der Waals surface area contributed by atoms with Crippen molar-refractivity contribution < 1.29 is 9.53 Å². The van der Waals surface area contributed by atoms with Crippen LogP contribution in [-0.2, 0) is 11.3 Å². The SMILES string of the molecule is C[C@H]1CN(CCNC(=O)NCCCn2ccnc2)C[C@H](C)O1. The molecule has 2 heterocycles. The molecular formula is C15H27N5O2. The van der Waals surface area contributed by atoms with Crippen molar-refractivity contribution >= 4 is 6.03 Å². The molecule has 0 unspecified atom stereocenters. The Kier molecular flexibility index (Phi) is 6.67. The highest BCUT2D eigenvalue weighted by Gasteiger charge is 2.21. The number of rotatable bonds is 7. The third kappa shape index (κ3) is 6.03. The fourth-order valence-electron chi connectivity index (χ4n) is 2.74. The number of morpholine rings is 1. The molecule has 22 heavy (non-hydrogen) atoms. The van der Waals surface area contributed by atoms with Gasteiger partial charge in [-0.15, -0.1) is 0 Å². The quantitative estimate of drug-likeness (QED) is 0.727. The van der Waals surface area contributed by atoms with E-state index in [0.717, 1.165) is 32.6 Å². The minimum atomic E-state index is -0.0972. The van der Waals surface area contributed by atoms with E-state index < -0.39 is 0 Å². The van der Waals surface area contributed by atoms with Crippen LogP contribution in [0.5, 0.6) is 0 Å². The number of carbonyl (C=O) groups excluding carboxylic acids is 1. The van der Waals surface area contributed by atoms with E-state index in [1.54, 1.807) is 12.5 Å². The molecule has 2 amide bonds. The molecule has 0 aromatic carbocycles. The third-order valence-corrected chi connectivity index (χ3v) is 3.65. The van der Waals surface area contributed by atoms with Gasteiger partial charge in [0, 0.05) is 51.7 Å². The number of aryl methyl sites for hydroxylation is 1. The van der Waals surface area contributed by atoms with E-state index in [4.69, 9.17) is 4.74 Å². The van der Waals surface area contributed by atoms with Crippen molar-refractivity contribution in [2.45, 2.75) is 39.0 Å². The molecule has 7 heteroatoms. The number of urea groups is 1. The van der Waals surface area contributed by atoms with Gasteiger partial charge in [-0.25, -0.2) is 9.78 Å². The highest BCUT2D eigenvalue weighted by atomic mass is 16.5. The highest BCUT2D eigenvalue weighted by molar-refractivity contribution is 5.73. The Morgan fingerprint density at radius 2 is 1.95 bits per heavy atom. The number of carbonyl (C=O) groups is 1. The molecule has 2 rings (SSSR count). The smallest absolute Gasteiger partial charge is 0.314 e. The van der Waals surface area contributed by atoms with Crippen LogP contribution in [0.25, 0.3) is 0 Å². The van der Waals surface area contributed by atoms with Crippen LogP contribution in [0.2, 0.25) is 0 Å². The van der Waals surface area contributed by atoms with Crippen molar-refractivity contribution in [2.24, 2.45) is 0 Å². The summed E-state index contributed by atoms with van der Waals surface area (Å²) in [5, 5.41) is 5.78. The van der Waals surface area contributed by atoms with Gasteiger partial charge in [-0.05, 0) is 20.3 Å². The summed E-state index contributed by atoms with van der Waals surface area (Å²) in [6, 6.07) is -0.0972. The minimum absolute atomic E-state index is 0.0972. The number of nitrogens with one attached hydrogen (secondary N) is 2. The van der Waals surface area contributed by atoms with Gasteiger partial charge in [0.25, 0.3) is 0 Å². The van der Waals surface area contributed by atoms with Crippen LogP contribution in [0.3, 0.4) is 0 Å². The second-order valence-electron chi connectivity index (χ2n) is 5.85. The Labute approximate surface area is 132 Å². The lowest BCUT2D eigenvalue weighted by molar-refractivity contribution is -0.0672. The molecular weight excluding hydrogens is 282 g/mol. The van der Waals surface area contributed by atoms with Crippen LogP contribution < -0.4 is 10.6 Å². The van der Waals surface area contributed by atoms with Crippen molar-refractivity contribution in [3.63, 3.8) is 0 Å². The van der Waals surface area contributed by atoms with Gasteiger partial charge in [-0.2, -0.15) is 0 Å². The summed E-state index contributed by atoms with van der Waals surface area (Å²) >= 11 is 0. The summed E-state index contributed by atoms with van der Waals surface area (Å²) in [6.07, 6.45) is 6.88. The number of hydrogen-bond acceptors (Lipinski definition) is 4. The Morgan fingerprint density at radius 1 is 1.23 bits per heavy atom. The number of aromatic nitrogens is 2. The maximum atomic E-state index is 11.7. The Balaban J connectivity index is 1.50. The lowest BCUT2D eigenvalue weighted by Gasteiger charge is -2.35. The average molecular weight is 309 g/mol. The molecule has 0 radical (unpaired) electrons. The van der Waals surface area contributed by atoms with Gasteiger partial charge in [0.2, 0.25) is 0 Å². The van der Waals surface area contributed by atoms with E-state index in [9.17, 15) is 4.79 Å². The predicted molar refractivity (Wildman–Crippen MR) is 84.7 cm³/mol. The summed E-state index contributed by atoms with van der Waals surface area (Å²) in [7, 11) is 0. The monoisotopic (exact) mass is 309 g/mol. The van der Waals surface area contributed by atoms with Gasteiger partial charge in [0.1, 0.15) is 0 Å². The van der Waals surface area contributed by atoms with Crippen molar-refractivity contribution in [1.29, 1.82) is 0 Å². The van der Waals surface area contributed by atoms with E-state index >= 15 is 0 Å². The van der Waals surface area contributed by atoms with Gasteiger partial charge in [0.05, 0.1) is 18.5 Å². The lowest BCUT2D eigenvalue weighted by Crippen LogP contribution is -2.48. The summed E-state index contributed by atoms with van der Waals surface area (Å²) < 4.78 is 7.69. The van der Waals surface area contributed by atoms with Crippen LogP contribution in [0.15, 0.2) is 18.7 Å². The number of ether oxygens (including phenoxy) is 1. The zero-order valence-corrected chi connectivity index (χ0v) is 13.5. The number of nitrogens with zero attached hydrogens (tertiary/aromatic N) is 3. The average Bonchev–Trinajstić information content (AvgIpc) is 2.96. The molecule has 0 aliphatic carbocycles. The molecule has 1 fully saturated rings.